The third kappa shape index (κ3) is 3.67. The zero-order valence-corrected chi connectivity index (χ0v) is 19.6. The molecule has 0 saturated heterocycles. The van der Waals surface area contributed by atoms with E-state index in [2.05, 4.69) is 6.92 Å². The normalized spacial score (nSPS) is 15.1. The Labute approximate surface area is 198 Å². The molecule has 2 heterocycles. The smallest absolute Gasteiger partial charge is 0.295 e. The van der Waals surface area contributed by atoms with Gasteiger partial charge in [0.1, 0.15) is 11.3 Å². The first-order valence-corrected chi connectivity index (χ1v) is 11.7. The summed E-state index contributed by atoms with van der Waals surface area (Å²) in [6, 6.07) is 20.0. The minimum absolute atomic E-state index is 0.101. The topological polar surface area (TPSA) is 59.8 Å². The van der Waals surface area contributed by atoms with Crippen molar-refractivity contribution in [2.24, 2.45) is 0 Å². The molecule has 3 aromatic carbocycles. The largest absolute Gasteiger partial charge is 0.494 e. The molecule has 1 aromatic heterocycles. The predicted molar refractivity (Wildman–Crippen MR) is 134 cm³/mol. The number of benzene rings is 3. The Morgan fingerprint density at radius 3 is 2.56 bits per heavy atom. The lowest BCUT2D eigenvalue weighted by Crippen LogP contribution is -2.29. The number of nitrogens with zero attached hydrogens (tertiary/aromatic N) is 1. The summed E-state index contributed by atoms with van der Waals surface area (Å²) in [7, 11) is 0. The Morgan fingerprint density at radius 2 is 1.76 bits per heavy atom. The summed E-state index contributed by atoms with van der Waals surface area (Å²) < 4.78 is 12.0. The first-order valence-electron chi connectivity index (χ1n) is 11.7. The van der Waals surface area contributed by atoms with Crippen LogP contribution in [0.2, 0.25) is 0 Å². The van der Waals surface area contributed by atoms with Gasteiger partial charge in [-0.3, -0.25) is 14.5 Å². The van der Waals surface area contributed by atoms with E-state index < -0.39 is 6.04 Å². The number of ether oxygens (including phenoxy) is 1. The van der Waals surface area contributed by atoms with Crippen molar-refractivity contribution in [2.45, 2.75) is 39.7 Å². The third-order valence-electron chi connectivity index (χ3n) is 6.49. The summed E-state index contributed by atoms with van der Waals surface area (Å²) in [6.07, 6.45) is 2.00. The van der Waals surface area contributed by atoms with Crippen molar-refractivity contribution in [3.8, 4) is 5.75 Å². The number of aryl methyl sites for hydroxylation is 2. The highest BCUT2D eigenvalue weighted by molar-refractivity contribution is 6.10. The van der Waals surface area contributed by atoms with Crippen molar-refractivity contribution in [2.75, 3.05) is 11.5 Å². The third-order valence-corrected chi connectivity index (χ3v) is 6.49. The molecule has 5 rings (SSSR count). The minimum Gasteiger partial charge on any atom is -0.494 e. The number of rotatable bonds is 6. The second-order valence-corrected chi connectivity index (χ2v) is 8.79. The van der Waals surface area contributed by atoms with Crippen molar-refractivity contribution in [3.63, 3.8) is 0 Å². The first kappa shape index (κ1) is 22.0. The fourth-order valence-corrected chi connectivity index (χ4v) is 4.49. The van der Waals surface area contributed by atoms with E-state index in [0.29, 0.717) is 23.1 Å². The second-order valence-electron chi connectivity index (χ2n) is 8.79. The van der Waals surface area contributed by atoms with Crippen molar-refractivity contribution in [3.05, 3.63) is 105 Å². The number of carbonyl (C=O) groups is 1. The average molecular weight is 454 g/mol. The molecule has 0 aliphatic carbocycles. The van der Waals surface area contributed by atoms with Crippen LogP contribution in [0.15, 0.2) is 75.9 Å². The Bertz CT molecular complexity index is 1450. The molecule has 5 nitrogen and oxygen atoms in total. The molecule has 1 unspecified atom stereocenters. The van der Waals surface area contributed by atoms with Crippen molar-refractivity contribution >= 4 is 22.6 Å². The van der Waals surface area contributed by atoms with Crippen LogP contribution in [0.5, 0.6) is 5.75 Å². The number of carbonyl (C=O) groups excluding carboxylic acids is 1. The number of fused-ring (bicyclic) bond motifs is 2. The molecule has 1 atom stereocenters. The van der Waals surface area contributed by atoms with Crippen LogP contribution >= 0.6 is 0 Å². The van der Waals surface area contributed by atoms with Gasteiger partial charge in [-0.2, -0.15) is 0 Å². The first-order chi connectivity index (χ1) is 16.5. The van der Waals surface area contributed by atoms with Crippen LogP contribution in [0.1, 0.15) is 58.6 Å². The van der Waals surface area contributed by atoms with Crippen LogP contribution < -0.4 is 15.1 Å². The summed E-state index contributed by atoms with van der Waals surface area (Å²) >= 11 is 0. The Balaban J connectivity index is 1.71. The van der Waals surface area contributed by atoms with Crippen LogP contribution in [0.3, 0.4) is 0 Å². The number of amides is 1. The van der Waals surface area contributed by atoms with Gasteiger partial charge in [-0.1, -0.05) is 43.7 Å². The maximum Gasteiger partial charge on any atom is 0.295 e. The fourth-order valence-electron chi connectivity index (χ4n) is 4.49. The van der Waals surface area contributed by atoms with Crippen LogP contribution in [-0.2, 0) is 0 Å². The molecule has 34 heavy (non-hydrogen) atoms. The van der Waals surface area contributed by atoms with E-state index in [9.17, 15) is 9.59 Å². The van der Waals surface area contributed by atoms with Gasteiger partial charge >= 0.3 is 0 Å². The molecule has 1 aliphatic heterocycles. The van der Waals surface area contributed by atoms with E-state index in [0.717, 1.165) is 41.0 Å². The molecule has 0 saturated carbocycles. The Morgan fingerprint density at radius 1 is 0.941 bits per heavy atom. The van der Waals surface area contributed by atoms with E-state index in [1.807, 2.05) is 56.3 Å². The van der Waals surface area contributed by atoms with Gasteiger partial charge in [-0.05, 0) is 73.4 Å². The highest BCUT2D eigenvalue weighted by atomic mass is 16.5. The fraction of sp³-hybridized carbons (Fsp3) is 0.241. The lowest BCUT2D eigenvalue weighted by Gasteiger charge is -2.26. The molecule has 0 fully saturated rings. The summed E-state index contributed by atoms with van der Waals surface area (Å²) in [4.78, 5) is 29.1. The SMILES string of the molecule is CCCCOc1cccc(C2c3c(oc4ccccc4c3=O)C(=O)N2c2ccc(C)c(C)c2)c1. The van der Waals surface area contributed by atoms with Crippen molar-refractivity contribution in [1.82, 2.24) is 0 Å². The van der Waals surface area contributed by atoms with Crippen LogP contribution in [-0.4, -0.2) is 12.5 Å². The summed E-state index contributed by atoms with van der Waals surface area (Å²) in [5, 5.41) is 0.469. The monoisotopic (exact) mass is 453 g/mol. The zero-order valence-electron chi connectivity index (χ0n) is 19.6. The molecule has 0 spiro atoms. The van der Waals surface area contributed by atoms with Crippen molar-refractivity contribution in [1.29, 1.82) is 0 Å². The van der Waals surface area contributed by atoms with E-state index in [-0.39, 0.29) is 17.1 Å². The van der Waals surface area contributed by atoms with Gasteiger partial charge in [-0.15, -0.1) is 0 Å². The van der Waals surface area contributed by atoms with Gasteiger partial charge < -0.3 is 9.15 Å². The highest BCUT2D eigenvalue weighted by Crippen LogP contribution is 2.42. The lowest BCUT2D eigenvalue weighted by molar-refractivity contribution is 0.0971. The molecular weight excluding hydrogens is 426 g/mol. The summed E-state index contributed by atoms with van der Waals surface area (Å²) in [5.74, 6) is 0.504. The van der Waals surface area contributed by atoms with Gasteiger partial charge in [0, 0.05) is 5.69 Å². The maximum atomic E-state index is 13.7. The molecule has 5 heteroatoms. The molecular formula is C29H27NO4. The summed E-state index contributed by atoms with van der Waals surface area (Å²) in [5.41, 5.74) is 4.34. The number of unbranched alkanes of at least 4 members (excludes halogenated alkanes) is 1. The molecule has 4 aromatic rings. The van der Waals surface area contributed by atoms with Gasteiger partial charge in [0.15, 0.2) is 5.43 Å². The molecule has 1 aliphatic rings. The van der Waals surface area contributed by atoms with E-state index >= 15 is 0 Å². The molecule has 0 N–H and O–H groups in total. The molecule has 172 valence electrons. The number of para-hydroxylation sites is 1. The van der Waals surface area contributed by atoms with E-state index in [1.54, 1.807) is 29.2 Å². The highest BCUT2D eigenvalue weighted by Gasteiger charge is 2.43. The van der Waals surface area contributed by atoms with Crippen molar-refractivity contribution < 1.29 is 13.9 Å². The van der Waals surface area contributed by atoms with Gasteiger partial charge in [0.25, 0.3) is 5.91 Å². The lowest BCUT2D eigenvalue weighted by atomic mass is 9.97. The predicted octanol–water partition coefficient (Wildman–Crippen LogP) is 6.34. The molecule has 0 bridgehead atoms. The van der Waals surface area contributed by atoms with Crippen LogP contribution in [0, 0.1) is 13.8 Å². The van der Waals surface area contributed by atoms with Gasteiger partial charge in [0.2, 0.25) is 5.76 Å². The Kier molecular flexibility index (Phi) is 5.70. The zero-order chi connectivity index (χ0) is 23.8. The van der Waals surface area contributed by atoms with E-state index in [4.69, 9.17) is 9.15 Å². The van der Waals surface area contributed by atoms with Crippen LogP contribution in [0.25, 0.3) is 11.0 Å². The standard InChI is InChI=1S/C29H27NO4/c1-4-5-15-33-22-10-8-9-20(17-22)26-25-27(31)23-11-6-7-12-24(23)34-28(25)29(32)30(26)21-14-13-18(2)19(3)16-21/h6-14,16-17,26H,4-5,15H2,1-3H3. The number of hydrogen-bond acceptors (Lipinski definition) is 4. The average Bonchev–Trinajstić information content (AvgIpc) is 3.14. The number of hydrogen-bond donors (Lipinski definition) is 0. The molecule has 0 radical (unpaired) electrons. The number of anilines is 1. The van der Waals surface area contributed by atoms with Gasteiger partial charge in [0.05, 0.1) is 23.6 Å². The quantitative estimate of drug-likeness (QED) is 0.320. The minimum atomic E-state index is -0.611. The second kappa shape index (κ2) is 8.82. The molecule has 1 amide bonds. The van der Waals surface area contributed by atoms with Gasteiger partial charge in [-0.25, -0.2) is 0 Å². The summed E-state index contributed by atoms with van der Waals surface area (Å²) in [6.45, 7) is 6.78. The Hall–Kier alpha value is -3.86. The van der Waals surface area contributed by atoms with Crippen LogP contribution in [0.4, 0.5) is 5.69 Å². The van der Waals surface area contributed by atoms with E-state index in [1.165, 1.54) is 0 Å². The maximum absolute atomic E-state index is 13.7.